The highest BCUT2D eigenvalue weighted by Crippen LogP contribution is 2.34. The van der Waals surface area contributed by atoms with Gasteiger partial charge in [0.05, 0.1) is 11.3 Å². The molecule has 0 aromatic rings. The lowest BCUT2D eigenvalue weighted by Gasteiger charge is -2.39. The van der Waals surface area contributed by atoms with Gasteiger partial charge < -0.3 is 14.9 Å². The fourth-order valence-electron chi connectivity index (χ4n) is 4.08. The molecule has 0 spiro atoms. The number of piperidine rings is 1. The summed E-state index contributed by atoms with van der Waals surface area (Å²) in [6.07, 6.45) is 5.35. The number of rotatable bonds is 3. The van der Waals surface area contributed by atoms with Gasteiger partial charge in [-0.1, -0.05) is 12.8 Å². The number of hydrogen-bond acceptors (Lipinski definition) is 4. The van der Waals surface area contributed by atoms with Gasteiger partial charge in [0.2, 0.25) is 11.8 Å². The number of carboxylic acid groups (broad SMARTS) is 1. The maximum atomic E-state index is 13.0. The van der Waals surface area contributed by atoms with Crippen LogP contribution in [-0.4, -0.2) is 63.5 Å². The second-order valence-corrected chi connectivity index (χ2v) is 8.53. The van der Waals surface area contributed by atoms with Crippen LogP contribution in [0.5, 0.6) is 0 Å². The molecule has 0 radical (unpaired) electrons. The molecule has 134 valence electrons. The van der Waals surface area contributed by atoms with Gasteiger partial charge in [0.25, 0.3) is 0 Å². The highest BCUT2D eigenvalue weighted by atomic mass is 32.2. The first kappa shape index (κ1) is 17.6. The quantitative estimate of drug-likeness (QED) is 0.836. The summed E-state index contributed by atoms with van der Waals surface area (Å²) in [5.74, 6) is 0.476. The van der Waals surface area contributed by atoms with Crippen molar-refractivity contribution in [1.82, 2.24) is 9.80 Å². The van der Waals surface area contributed by atoms with Crippen LogP contribution in [0.2, 0.25) is 0 Å². The van der Waals surface area contributed by atoms with Crippen molar-refractivity contribution in [1.29, 1.82) is 0 Å². The van der Waals surface area contributed by atoms with E-state index in [4.69, 9.17) is 0 Å². The molecule has 0 aromatic carbocycles. The lowest BCUT2D eigenvalue weighted by atomic mass is 9.82. The molecular weight excluding hydrogens is 328 g/mol. The first-order valence-electron chi connectivity index (χ1n) is 8.83. The molecule has 2 aliphatic heterocycles. The minimum Gasteiger partial charge on any atom is -0.481 e. The molecule has 3 rings (SSSR count). The topological polar surface area (TPSA) is 77.9 Å². The van der Waals surface area contributed by atoms with Gasteiger partial charge in [0, 0.05) is 24.8 Å². The summed E-state index contributed by atoms with van der Waals surface area (Å²) in [6, 6.07) is -0.417. The van der Waals surface area contributed by atoms with E-state index in [9.17, 15) is 19.5 Å². The molecule has 1 saturated carbocycles. The van der Waals surface area contributed by atoms with E-state index in [1.54, 1.807) is 28.5 Å². The molecule has 2 atom stereocenters. The number of amides is 2. The second-order valence-electron chi connectivity index (χ2n) is 7.53. The molecule has 2 unspecified atom stereocenters. The Kier molecular flexibility index (Phi) is 5.08. The predicted octanol–water partition coefficient (Wildman–Crippen LogP) is 1.79. The van der Waals surface area contributed by atoms with Crippen molar-refractivity contribution in [2.45, 2.75) is 51.5 Å². The Labute approximate surface area is 146 Å². The Balaban J connectivity index is 1.69. The van der Waals surface area contributed by atoms with Crippen molar-refractivity contribution in [3.8, 4) is 0 Å². The average Bonchev–Trinajstić information content (AvgIpc) is 3.25. The van der Waals surface area contributed by atoms with Gasteiger partial charge in [-0.05, 0) is 32.6 Å². The summed E-state index contributed by atoms with van der Waals surface area (Å²) in [4.78, 5) is 40.6. The largest absolute Gasteiger partial charge is 0.481 e. The van der Waals surface area contributed by atoms with Crippen LogP contribution in [0.15, 0.2) is 0 Å². The van der Waals surface area contributed by atoms with Crippen LogP contribution in [-0.2, 0) is 14.4 Å². The fourth-order valence-corrected chi connectivity index (χ4v) is 5.24. The summed E-state index contributed by atoms with van der Waals surface area (Å²) in [5.41, 5.74) is -0.875. The van der Waals surface area contributed by atoms with Gasteiger partial charge in [0.15, 0.2) is 0 Å². The van der Waals surface area contributed by atoms with Crippen molar-refractivity contribution in [3.05, 3.63) is 0 Å². The van der Waals surface area contributed by atoms with E-state index in [1.165, 1.54) is 0 Å². The Morgan fingerprint density at radius 2 is 1.83 bits per heavy atom. The Bertz CT molecular complexity index is 535. The Hall–Kier alpha value is -1.24. The molecule has 1 aliphatic carbocycles. The summed E-state index contributed by atoms with van der Waals surface area (Å²) in [5, 5.41) is 9.44. The number of carboxylic acids is 1. The van der Waals surface area contributed by atoms with Crippen molar-refractivity contribution in [3.63, 3.8) is 0 Å². The van der Waals surface area contributed by atoms with Crippen LogP contribution in [0.1, 0.15) is 45.4 Å². The molecular formula is C17H26N2O4S. The zero-order valence-corrected chi connectivity index (χ0v) is 15.0. The number of thioether (sulfide) groups is 1. The van der Waals surface area contributed by atoms with Crippen LogP contribution in [0, 0.1) is 11.3 Å². The lowest BCUT2D eigenvalue weighted by Crippen LogP contribution is -2.55. The molecule has 1 N–H and O–H groups in total. The van der Waals surface area contributed by atoms with Crippen LogP contribution < -0.4 is 0 Å². The molecule has 7 heteroatoms. The van der Waals surface area contributed by atoms with Crippen LogP contribution in [0.3, 0.4) is 0 Å². The van der Waals surface area contributed by atoms with E-state index in [-0.39, 0.29) is 24.3 Å². The standard InChI is InChI=1S/C17H26N2O4S/c1-17(16(22)23)7-4-8-18(10-17)15(21)13-9-24-11-19(13)14(20)12-5-2-3-6-12/h12-13H,2-11H2,1H3,(H,22,23). The zero-order chi connectivity index (χ0) is 17.3. The van der Waals surface area contributed by atoms with Crippen molar-refractivity contribution < 1.29 is 19.5 Å². The zero-order valence-electron chi connectivity index (χ0n) is 14.2. The lowest BCUT2D eigenvalue weighted by molar-refractivity contribution is -0.156. The normalized spacial score (nSPS) is 31.5. The number of hydrogen-bond donors (Lipinski definition) is 1. The smallest absolute Gasteiger partial charge is 0.311 e. The highest BCUT2D eigenvalue weighted by Gasteiger charge is 2.44. The van der Waals surface area contributed by atoms with Gasteiger partial charge in [-0.25, -0.2) is 0 Å². The first-order valence-corrected chi connectivity index (χ1v) is 9.98. The van der Waals surface area contributed by atoms with Gasteiger partial charge in [-0.15, -0.1) is 11.8 Å². The van der Waals surface area contributed by atoms with Crippen LogP contribution in [0.25, 0.3) is 0 Å². The molecule has 0 aromatic heterocycles. The number of aliphatic carboxylic acids is 1. The molecule has 24 heavy (non-hydrogen) atoms. The SMILES string of the molecule is CC1(C(=O)O)CCCN(C(=O)C2CSCN2C(=O)C2CCCC2)C1. The van der Waals surface area contributed by atoms with Crippen LogP contribution >= 0.6 is 11.8 Å². The monoisotopic (exact) mass is 354 g/mol. The average molecular weight is 354 g/mol. The third-order valence-electron chi connectivity index (χ3n) is 5.68. The molecule has 2 saturated heterocycles. The summed E-state index contributed by atoms with van der Waals surface area (Å²) >= 11 is 1.62. The Morgan fingerprint density at radius 1 is 1.12 bits per heavy atom. The highest BCUT2D eigenvalue weighted by molar-refractivity contribution is 7.99. The van der Waals surface area contributed by atoms with Crippen molar-refractivity contribution in [2.24, 2.45) is 11.3 Å². The number of nitrogens with zero attached hydrogens (tertiary/aromatic N) is 2. The maximum Gasteiger partial charge on any atom is 0.311 e. The van der Waals surface area contributed by atoms with Gasteiger partial charge in [-0.2, -0.15) is 0 Å². The van der Waals surface area contributed by atoms with E-state index < -0.39 is 17.4 Å². The van der Waals surface area contributed by atoms with Crippen molar-refractivity contribution in [2.75, 3.05) is 24.7 Å². The summed E-state index contributed by atoms with van der Waals surface area (Å²) in [6.45, 7) is 2.54. The number of carbonyl (C=O) groups excluding carboxylic acids is 2. The summed E-state index contributed by atoms with van der Waals surface area (Å²) in [7, 11) is 0. The molecule has 2 heterocycles. The molecule has 0 bridgehead atoms. The maximum absolute atomic E-state index is 13.0. The molecule has 2 amide bonds. The van der Waals surface area contributed by atoms with E-state index >= 15 is 0 Å². The van der Waals surface area contributed by atoms with Crippen molar-refractivity contribution >= 4 is 29.5 Å². The minimum absolute atomic E-state index is 0.0708. The molecule has 3 aliphatic rings. The van der Waals surface area contributed by atoms with E-state index in [0.717, 1.165) is 25.7 Å². The molecule has 3 fully saturated rings. The van der Waals surface area contributed by atoms with Gasteiger partial charge in [0.1, 0.15) is 6.04 Å². The number of carbonyl (C=O) groups is 3. The third kappa shape index (κ3) is 3.27. The number of likely N-dealkylation sites (tertiary alicyclic amines) is 1. The van der Waals surface area contributed by atoms with E-state index in [1.807, 2.05) is 0 Å². The predicted molar refractivity (Wildman–Crippen MR) is 91.5 cm³/mol. The Morgan fingerprint density at radius 3 is 2.50 bits per heavy atom. The third-order valence-corrected chi connectivity index (χ3v) is 6.69. The minimum atomic E-state index is -0.875. The van der Waals surface area contributed by atoms with Gasteiger partial charge in [-0.3, -0.25) is 14.4 Å². The van der Waals surface area contributed by atoms with Crippen LogP contribution in [0.4, 0.5) is 0 Å². The van der Waals surface area contributed by atoms with E-state index in [0.29, 0.717) is 31.0 Å². The fraction of sp³-hybridized carbons (Fsp3) is 0.824. The second kappa shape index (κ2) is 6.94. The first-order chi connectivity index (χ1) is 11.4. The van der Waals surface area contributed by atoms with Gasteiger partial charge >= 0.3 is 5.97 Å². The van der Waals surface area contributed by atoms with E-state index in [2.05, 4.69) is 0 Å². The molecule has 6 nitrogen and oxygen atoms in total. The summed E-state index contributed by atoms with van der Waals surface area (Å²) < 4.78 is 0.